The molecule has 2 amide bonds. The summed E-state index contributed by atoms with van der Waals surface area (Å²) in [5, 5.41) is 9.56. The summed E-state index contributed by atoms with van der Waals surface area (Å²) < 4.78 is 2.15. The molecule has 1 saturated heterocycles. The number of pyridine rings is 1. The van der Waals surface area contributed by atoms with Crippen molar-refractivity contribution < 1.29 is 14.7 Å². The molecule has 2 aromatic heterocycles. The Morgan fingerprint density at radius 3 is 2.54 bits per heavy atom. The van der Waals surface area contributed by atoms with Gasteiger partial charge in [0.2, 0.25) is 0 Å². The molecule has 1 aliphatic heterocycles. The number of aryl methyl sites for hydroxylation is 1. The first-order chi connectivity index (χ1) is 18.0. The molecule has 8 nitrogen and oxygen atoms in total. The van der Waals surface area contributed by atoms with E-state index in [0.29, 0.717) is 24.5 Å². The topological polar surface area (TPSA) is 91.6 Å². The molecule has 1 N–H and O–H groups in total. The molecule has 0 unspecified atom stereocenters. The van der Waals surface area contributed by atoms with Gasteiger partial charge < -0.3 is 14.6 Å². The average molecular weight is 498 g/mol. The third kappa shape index (κ3) is 4.91. The van der Waals surface area contributed by atoms with Crippen molar-refractivity contribution in [2.24, 2.45) is 0 Å². The maximum Gasteiger partial charge on any atom is 0.336 e. The number of aromatic carboxylic acids is 1. The van der Waals surface area contributed by atoms with Crippen molar-refractivity contribution >= 4 is 29.0 Å². The van der Waals surface area contributed by atoms with Crippen LogP contribution in [0, 0.1) is 0 Å². The van der Waals surface area contributed by atoms with E-state index in [1.54, 1.807) is 21.9 Å². The van der Waals surface area contributed by atoms with Crippen molar-refractivity contribution in [2.45, 2.75) is 39.2 Å². The second-order valence-corrected chi connectivity index (χ2v) is 9.49. The number of fused-ring (bicyclic) bond motifs is 1. The van der Waals surface area contributed by atoms with E-state index in [-0.39, 0.29) is 11.6 Å². The number of hydrogen-bond acceptors (Lipinski definition) is 4. The molecule has 37 heavy (non-hydrogen) atoms. The number of carbonyl (C=O) groups excluding carboxylic acids is 1. The van der Waals surface area contributed by atoms with E-state index in [1.165, 1.54) is 0 Å². The van der Waals surface area contributed by atoms with E-state index in [2.05, 4.69) is 11.5 Å². The average Bonchev–Trinajstić information content (AvgIpc) is 3.25. The van der Waals surface area contributed by atoms with E-state index < -0.39 is 5.97 Å². The molecule has 3 heterocycles. The Kier molecular flexibility index (Phi) is 6.90. The van der Waals surface area contributed by atoms with Gasteiger partial charge in [-0.2, -0.15) is 0 Å². The number of benzene rings is 2. The minimum atomic E-state index is -0.939. The van der Waals surface area contributed by atoms with E-state index >= 15 is 0 Å². The van der Waals surface area contributed by atoms with E-state index in [4.69, 9.17) is 9.97 Å². The van der Waals surface area contributed by atoms with Crippen molar-refractivity contribution in [3.8, 4) is 11.1 Å². The number of nitrogens with zero attached hydrogens (tertiary/aromatic N) is 5. The number of urea groups is 1. The van der Waals surface area contributed by atoms with Crippen LogP contribution in [0.1, 0.15) is 47.9 Å². The summed E-state index contributed by atoms with van der Waals surface area (Å²) in [7, 11) is 1.82. The monoisotopic (exact) mass is 497 g/mol. The van der Waals surface area contributed by atoms with Gasteiger partial charge in [0, 0.05) is 26.6 Å². The number of aromatic nitrogens is 3. The highest BCUT2D eigenvalue weighted by molar-refractivity contribution is 5.96. The fraction of sp³-hybridized carbons (Fsp3) is 0.310. The molecule has 0 bridgehead atoms. The Hall–Kier alpha value is -4.20. The summed E-state index contributed by atoms with van der Waals surface area (Å²) in [4.78, 5) is 37.7. The van der Waals surface area contributed by atoms with Crippen molar-refractivity contribution in [2.75, 3.05) is 25.0 Å². The molecule has 0 radical (unpaired) electrons. The number of carbonyl (C=O) groups is 2. The number of carboxylic acid groups (broad SMARTS) is 1. The molecule has 4 aromatic rings. The lowest BCUT2D eigenvalue weighted by molar-refractivity contribution is 0.0697. The highest BCUT2D eigenvalue weighted by Crippen LogP contribution is 2.26. The van der Waals surface area contributed by atoms with Gasteiger partial charge in [0.1, 0.15) is 17.2 Å². The molecule has 1 aliphatic rings. The maximum absolute atomic E-state index is 12.8. The molecule has 0 saturated carbocycles. The number of amides is 2. The smallest absolute Gasteiger partial charge is 0.336 e. The van der Waals surface area contributed by atoms with Crippen molar-refractivity contribution in [1.29, 1.82) is 0 Å². The highest BCUT2D eigenvalue weighted by atomic mass is 16.4. The molecule has 2 aromatic carbocycles. The van der Waals surface area contributed by atoms with Crippen LogP contribution in [0.5, 0.6) is 0 Å². The van der Waals surface area contributed by atoms with Crippen molar-refractivity contribution in [1.82, 2.24) is 19.4 Å². The van der Waals surface area contributed by atoms with Crippen LogP contribution < -0.4 is 4.90 Å². The zero-order valence-electron chi connectivity index (χ0n) is 21.2. The number of imidazole rings is 1. The quantitative estimate of drug-likeness (QED) is 0.350. The Morgan fingerprint density at radius 1 is 1.00 bits per heavy atom. The van der Waals surface area contributed by atoms with Crippen LogP contribution in [0.3, 0.4) is 0 Å². The van der Waals surface area contributed by atoms with Gasteiger partial charge in [-0.1, -0.05) is 55.8 Å². The molecule has 0 aliphatic carbocycles. The molecule has 190 valence electrons. The first-order valence-corrected chi connectivity index (χ1v) is 12.8. The van der Waals surface area contributed by atoms with Crippen molar-refractivity contribution in [3.05, 3.63) is 77.6 Å². The normalized spacial score (nSPS) is 13.9. The summed E-state index contributed by atoms with van der Waals surface area (Å²) in [6.45, 7) is 4.15. The van der Waals surface area contributed by atoms with Gasteiger partial charge in [-0.05, 0) is 47.7 Å². The Balaban J connectivity index is 1.49. The van der Waals surface area contributed by atoms with E-state index in [9.17, 15) is 14.7 Å². The fourth-order valence-electron chi connectivity index (χ4n) is 4.85. The molecular weight excluding hydrogens is 466 g/mol. The summed E-state index contributed by atoms with van der Waals surface area (Å²) in [5.41, 5.74) is 4.49. The van der Waals surface area contributed by atoms with Crippen LogP contribution in [0.15, 0.2) is 60.7 Å². The lowest BCUT2D eigenvalue weighted by atomic mass is 9.99. The van der Waals surface area contributed by atoms with Crippen molar-refractivity contribution in [3.63, 3.8) is 0 Å². The predicted molar refractivity (Wildman–Crippen MR) is 144 cm³/mol. The molecule has 5 rings (SSSR count). The lowest BCUT2D eigenvalue weighted by Gasteiger charge is -2.32. The van der Waals surface area contributed by atoms with Crippen LogP contribution >= 0.6 is 0 Å². The van der Waals surface area contributed by atoms with Gasteiger partial charge in [-0.25, -0.2) is 19.6 Å². The third-order valence-electron chi connectivity index (χ3n) is 6.88. The number of rotatable bonds is 8. The SMILES string of the molecule is CCCCc1nc2ccc(N3CCCN(C)C3=O)nc2n1Cc1ccc(-c2ccccc2C(=O)O)cc1. The summed E-state index contributed by atoms with van der Waals surface area (Å²) >= 11 is 0. The minimum Gasteiger partial charge on any atom is -0.478 e. The van der Waals surface area contributed by atoms with Crippen LogP contribution in [-0.4, -0.2) is 56.7 Å². The number of hydrogen-bond donors (Lipinski definition) is 1. The molecule has 0 atom stereocenters. The van der Waals surface area contributed by atoms with Gasteiger partial charge in [0.15, 0.2) is 5.65 Å². The van der Waals surface area contributed by atoms with Gasteiger partial charge in [-0.3, -0.25) is 4.90 Å². The molecule has 1 fully saturated rings. The van der Waals surface area contributed by atoms with Crippen LogP contribution in [0.2, 0.25) is 0 Å². The summed E-state index contributed by atoms with van der Waals surface area (Å²) in [6, 6.07) is 18.8. The summed E-state index contributed by atoms with van der Waals surface area (Å²) in [6.07, 6.45) is 3.84. The zero-order valence-corrected chi connectivity index (χ0v) is 21.2. The second kappa shape index (κ2) is 10.4. The first kappa shape index (κ1) is 24.5. The molecule has 0 spiro atoms. The van der Waals surface area contributed by atoms with Gasteiger partial charge >= 0.3 is 12.0 Å². The number of unbranched alkanes of at least 4 members (excludes halogenated alkanes) is 1. The maximum atomic E-state index is 12.8. The second-order valence-electron chi connectivity index (χ2n) is 9.49. The number of anilines is 1. The summed E-state index contributed by atoms with van der Waals surface area (Å²) in [5.74, 6) is 0.683. The zero-order chi connectivity index (χ0) is 25.9. The number of carboxylic acids is 1. The standard InChI is InChI=1S/C29H31N5O3/c1-3-4-10-25-30-24-15-16-26(33-18-7-17-32(2)29(33)37)31-27(24)34(25)19-20-11-13-21(14-12-20)22-8-5-6-9-23(22)28(35)36/h5-6,8-9,11-16H,3-4,7,10,17-19H2,1-2H3,(H,35,36). The van der Waals surface area contributed by atoms with Crippen LogP contribution in [0.25, 0.3) is 22.3 Å². The molecule has 8 heteroatoms. The van der Waals surface area contributed by atoms with E-state index in [1.807, 2.05) is 55.6 Å². The van der Waals surface area contributed by atoms with Gasteiger partial charge in [0.05, 0.1) is 12.1 Å². The predicted octanol–water partition coefficient (Wildman–Crippen LogP) is 5.45. The lowest BCUT2D eigenvalue weighted by Crippen LogP contribution is -2.47. The van der Waals surface area contributed by atoms with Gasteiger partial charge in [0.25, 0.3) is 0 Å². The van der Waals surface area contributed by atoms with Crippen LogP contribution in [-0.2, 0) is 13.0 Å². The van der Waals surface area contributed by atoms with Crippen LogP contribution in [0.4, 0.5) is 10.6 Å². The third-order valence-corrected chi connectivity index (χ3v) is 6.88. The Morgan fingerprint density at radius 2 is 1.78 bits per heavy atom. The van der Waals surface area contributed by atoms with Gasteiger partial charge in [-0.15, -0.1) is 0 Å². The van der Waals surface area contributed by atoms with E-state index in [0.717, 1.165) is 60.3 Å². The Bertz CT molecular complexity index is 1440. The molecular formula is C29H31N5O3. The minimum absolute atomic E-state index is 0.0346. The fourth-order valence-corrected chi connectivity index (χ4v) is 4.85. The largest absolute Gasteiger partial charge is 0.478 e. The Labute approximate surface area is 216 Å². The highest BCUT2D eigenvalue weighted by Gasteiger charge is 2.26. The first-order valence-electron chi connectivity index (χ1n) is 12.8.